The number of nitrogens with zero attached hydrogens (tertiary/aromatic N) is 3. The van der Waals surface area contributed by atoms with Crippen LogP contribution in [0, 0.1) is 13.8 Å². The van der Waals surface area contributed by atoms with Crippen LogP contribution in [0.3, 0.4) is 0 Å². The topological polar surface area (TPSA) is 107 Å². The van der Waals surface area contributed by atoms with Crippen LogP contribution in [-0.2, 0) is 29.7 Å². The molecule has 0 unspecified atom stereocenters. The van der Waals surface area contributed by atoms with Gasteiger partial charge in [0.15, 0.2) is 0 Å². The van der Waals surface area contributed by atoms with Gasteiger partial charge < -0.3 is 20.8 Å². The second kappa shape index (κ2) is 12.9. The number of ether oxygens (including phenoxy) is 1. The minimum Gasteiger partial charge on any atom is -0.406 e. The average Bonchev–Trinajstić information content (AvgIpc) is 3.32. The highest BCUT2D eigenvalue weighted by Gasteiger charge is 2.32. The predicted octanol–water partition coefficient (Wildman–Crippen LogP) is 5.14. The summed E-state index contributed by atoms with van der Waals surface area (Å²) in [5, 5.41) is 0.663. The van der Waals surface area contributed by atoms with Crippen molar-refractivity contribution in [1.29, 1.82) is 0 Å². The Morgan fingerprint density at radius 2 is 1.59 bits per heavy atom. The van der Waals surface area contributed by atoms with Gasteiger partial charge in [0.05, 0.1) is 4.90 Å². The van der Waals surface area contributed by atoms with Gasteiger partial charge >= 0.3 is 6.36 Å². The van der Waals surface area contributed by atoms with Crippen LogP contribution in [0.4, 0.5) is 13.2 Å². The SMILES string of the molecule is Cc1cc(C)cc(CN2CCN(S(=O)(=O)c3ccc4c(c3)c(-c3ccc(OC(F)(F)F)cc3CN)cn4CCCN)CC2)c1. The Hall–Kier alpha value is -3.42. The summed E-state index contributed by atoms with van der Waals surface area (Å²) in [6, 6.07) is 15.5. The molecule has 0 aliphatic carbocycles. The smallest absolute Gasteiger partial charge is 0.406 e. The summed E-state index contributed by atoms with van der Waals surface area (Å²) in [5.74, 6) is -0.367. The van der Waals surface area contributed by atoms with E-state index >= 15 is 0 Å². The lowest BCUT2D eigenvalue weighted by atomic mass is 9.99. The lowest BCUT2D eigenvalue weighted by Crippen LogP contribution is -2.48. The van der Waals surface area contributed by atoms with Crippen LogP contribution in [0.25, 0.3) is 22.0 Å². The van der Waals surface area contributed by atoms with Crippen molar-refractivity contribution in [3.63, 3.8) is 0 Å². The fourth-order valence-corrected chi connectivity index (χ4v) is 7.44. The van der Waals surface area contributed by atoms with Crippen LogP contribution in [0.15, 0.2) is 65.7 Å². The van der Waals surface area contributed by atoms with Crippen molar-refractivity contribution in [1.82, 2.24) is 13.8 Å². The van der Waals surface area contributed by atoms with E-state index in [0.29, 0.717) is 67.8 Å². The normalized spacial score (nSPS) is 15.2. The molecule has 0 bridgehead atoms. The van der Waals surface area contributed by atoms with Gasteiger partial charge in [-0.15, -0.1) is 13.2 Å². The molecule has 2 heterocycles. The van der Waals surface area contributed by atoms with Gasteiger partial charge in [0.2, 0.25) is 10.0 Å². The third-order valence-corrected chi connectivity index (χ3v) is 9.83. The number of hydrogen-bond acceptors (Lipinski definition) is 6. The molecule has 1 aliphatic heterocycles. The number of halogens is 3. The number of fused-ring (bicyclic) bond motifs is 1. The van der Waals surface area contributed by atoms with Crippen LogP contribution >= 0.6 is 0 Å². The molecule has 4 aromatic rings. The lowest BCUT2D eigenvalue weighted by molar-refractivity contribution is -0.274. The van der Waals surface area contributed by atoms with Gasteiger partial charge in [0, 0.05) is 68.5 Å². The second-order valence-corrected chi connectivity index (χ2v) is 13.2. The molecule has 236 valence electrons. The number of nitrogens with two attached hydrogens (primary N) is 2. The summed E-state index contributed by atoms with van der Waals surface area (Å²) in [4.78, 5) is 2.43. The van der Waals surface area contributed by atoms with E-state index in [9.17, 15) is 21.6 Å². The Morgan fingerprint density at radius 1 is 0.886 bits per heavy atom. The summed E-state index contributed by atoms with van der Waals surface area (Å²) in [5.41, 5.74) is 17.9. The van der Waals surface area contributed by atoms with Gasteiger partial charge in [-0.1, -0.05) is 35.4 Å². The van der Waals surface area contributed by atoms with Gasteiger partial charge in [-0.05, 0) is 73.8 Å². The van der Waals surface area contributed by atoms with Crippen molar-refractivity contribution in [3.05, 3.63) is 83.0 Å². The van der Waals surface area contributed by atoms with Crippen LogP contribution < -0.4 is 16.2 Å². The van der Waals surface area contributed by atoms with Crippen LogP contribution in [0.5, 0.6) is 5.75 Å². The van der Waals surface area contributed by atoms with E-state index in [1.807, 2.05) is 10.8 Å². The summed E-state index contributed by atoms with van der Waals surface area (Å²) in [6.07, 6.45) is -2.26. The third kappa shape index (κ3) is 7.10. The van der Waals surface area contributed by atoms with Crippen LogP contribution in [0.1, 0.15) is 28.7 Å². The second-order valence-electron chi connectivity index (χ2n) is 11.3. The maximum absolute atomic E-state index is 13.9. The molecule has 12 heteroatoms. The summed E-state index contributed by atoms with van der Waals surface area (Å²) in [6.45, 7) is 7.89. The number of aromatic nitrogens is 1. The van der Waals surface area contributed by atoms with Gasteiger partial charge in [-0.25, -0.2) is 8.42 Å². The first kappa shape index (κ1) is 32.0. The molecule has 0 atom stereocenters. The van der Waals surface area contributed by atoms with Crippen molar-refractivity contribution in [2.24, 2.45) is 11.5 Å². The monoisotopic (exact) mass is 629 g/mol. The summed E-state index contributed by atoms with van der Waals surface area (Å²) < 4.78 is 73.9. The maximum Gasteiger partial charge on any atom is 0.573 e. The number of hydrogen-bond donors (Lipinski definition) is 2. The maximum atomic E-state index is 13.9. The summed E-state index contributed by atoms with van der Waals surface area (Å²) in [7, 11) is -3.80. The molecule has 3 aromatic carbocycles. The molecular weight excluding hydrogens is 591 g/mol. The van der Waals surface area contributed by atoms with E-state index in [1.165, 1.54) is 39.2 Å². The highest BCUT2D eigenvalue weighted by Crippen LogP contribution is 2.37. The molecule has 8 nitrogen and oxygen atoms in total. The Balaban J connectivity index is 1.44. The quantitative estimate of drug-likeness (QED) is 0.252. The van der Waals surface area contributed by atoms with Crippen molar-refractivity contribution < 1.29 is 26.3 Å². The number of alkyl halides is 3. The van der Waals surface area contributed by atoms with Crippen LogP contribution in [0.2, 0.25) is 0 Å². The molecule has 0 saturated carbocycles. The highest BCUT2D eigenvalue weighted by atomic mass is 32.2. The summed E-state index contributed by atoms with van der Waals surface area (Å²) >= 11 is 0. The largest absolute Gasteiger partial charge is 0.573 e. The first-order chi connectivity index (χ1) is 20.9. The molecule has 0 amide bonds. The van der Waals surface area contributed by atoms with E-state index in [-0.39, 0.29) is 17.2 Å². The Kier molecular flexibility index (Phi) is 9.38. The van der Waals surface area contributed by atoms with E-state index in [4.69, 9.17) is 11.5 Å². The average molecular weight is 630 g/mol. The standard InChI is InChI=1S/C32H38F3N5O3S/c1-22-14-23(2)16-24(15-22)20-38-10-12-40(13-11-38)44(41,42)27-5-7-31-29(18-27)30(21-39(31)9-3-8-36)28-6-4-26(17-25(28)19-37)43-32(33,34)35/h4-7,14-18,21H,3,8-13,19-20,36-37H2,1-2H3. The highest BCUT2D eigenvalue weighted by molar-refractivity contribution is 7.89. The van der Waals surface area contributed by atoms with Gasteiger partial charge in [0.25, 0.3) is 0 Å². The number of aryl methyl sites for hydroxylation is 3. The van der Waals surface area contributed by atoms with Crippen molar-refractivity contribution in [3.8, 4) is 16.9 Å². The predicted molar refractivity (Wildman–Crippen MR) is 166 cm³/mol. The molecular formula is C32H38F3N5O3S. The van der Waals surface area contributed by atoms with Crippen molar-refractivity contribution in [2.45, 2.75) is 51.2 Å². The number of sulfonamides is 1. The van der Waals surface area contributed by atoms with Gasteiger partial charge in [-0.2, -0.15) is 4.31 Å². The number of rotatable bonds is 10. The third-order valence-electron chi connectivity index (χ3n) is 7.93. The van der Waals surface area contributed by atoms with E-state index in [0.717, 1.165) is 12.1 Å². The van der Waals surface area contributed by atoms with E-state index in [2.05, 4.69) is 41.7 Å². The zero-order valence-corrected chi connectivity index (χ0v) is 25.7. The molecule has 1 saturated heterocycles. The number of benzene rings is 3. The van der Waals surface area contributed by atoms with E-state index < -0.39 is 16.4 Å². The van der Waals surface area contributed by atoms with Gasteiger partial charge in [-0.3, -0.25) is 4.90 Å². The Morgan fingerprint density at radius 3 is 2.23 bits per heavy atom. The zero-order chi connectivity index (χ0) is 31.6. The molecule has 4 N–H and O–H groups in total. The van der Waals surface area contributed by atoms with Crippen molar-refractivity contribution >= 4 is 20.9 Å². The molecule has 1 aromatic heterocycles. The van der Waals surface area contributed by atoms with Crippen LogP contribution in [-0.4, -0.2) is 61.3 Å². The minimum atomic E-state index is -4.83. The molecule has 1 aliphatic rings. The van der Waals surface area contributed by atoms with Gasteiger partial charge in [0.1, 0.15) is 5.75 Å². The first-order valence-corrected chi connectivity index (χ1v) is 16.0. The Labute approximate surface area is 256 Å². The zero-order valence-electron chi connectivity index (χ0n) is 24.9. The molecule has 44 heavy (non-hydrogen) atoms. The Bertz CT molecular complexity index is 1730. The van der Waals surface area contributed by atoms with E-state index in [1.54, 1.807) is 18.2 Å². The molecule has 1 fully saturated rings. The lowest BCUT2D eigenvalue weighted by Gasteiger charge is -2.34. The molecule has 0 radical (unpaired) electrons. The minimum absolute atomic E-state index is 0.0375. The number of piperazine rings is 1. The first-order valence-electron chi connectivity index (χ1n) is 14.6. The fourth-order valence-electron chi connectivity index (χ4n) is 5.99. The molecule has 0 spiro atoms. The van der Waals surface area contributed by atoms with Crippen molar-refractivity contribution in [2.75, 3.05) is 32.7 Å². The fraction of sp³-hybridized carbons (Fsp3) is 0.375. The molecule has 5 rings (SSSR count).